The van der Waals surface area contributed by atoms with Crippen LogP contribution in [0, 0.1) is 21.3 Å². The van der Waals surface area contributed by atoms with Crippen LogP contribution in [0.5, 0.6) is 0 Å². The second-order valence-electron chi connectivity index (χ2n) is 2.46. The molecule has 0 spiro atoms. The van der Waals surface area contributed by atoms with Crippen molar-refractivity contribution in [1.29, 1.82) is 10.5 Å². The molecule has 0 aromatic carbocycles. The Morgan fingerprint density at radius 1 is 0.889 bits per heavy atom. The van der Waals surface area contributed by atoms with Crippen molar-refractivity contribution in [3.8, 4) is 10.8 Å². The van der Waals surface area contributed by atoms with Crippen LogP contribution in [-0.4, -0.2) is 9.97 Å². The van der Waals surface area contributed by atoms with E-state index >= 15 is 0 Å². The molecule has 90 valence electrons. The predicted octanol–water partition coefficient (Wildman–Crippen LogP) is 4.55. The van der Waals surface area contributed by atoms with Crippen LogP contribution in [0.15, 0.2) is 29.5 Å². The van der Waals surface area contributed by atoms with Crippen LogP contribution in [-0.2, 0) is 0 Å². The number of rotatable bonds is 5. The molecule has 0 unspecified atom stereocenters. The fourth-order valence-electron chi connectivity index (χ4n) is 0.822. The molecule has 0 fully saturated rings. The van der Waals surface area contributed by atoms with E-state index < -0.39 is 0 Å². The van der Waals surface area contributed by atoms with Gasteiger partial charge in [0, 0.05) is 34.3 Å². The zero-order valence-electron chi connectivity index (χ0n) is 8.39. The van der Waals surface area contributed by atoms with E-state index in [4.69, 9.17) is 10.5 Å². The Bertz CT molecular complexity index is 551. The lowest BCUT2D eigenvalue weighted by Crippen LogP contribution is -1.69. The SMILES string of the molecule is N#CSc1csc(SSc2nc(SC#N)cs2)n1. The summed E-state index contributed by atoms with van der Waals surface area (Å²) in [6, 6.07) is 0. The summed E-state index contributed by atoms with van der Waals surface area (Å²) in [5.74, 6) is 0. The highest BCUT2D eigenvalue weighted by atomic mass is 33.1. The third-order valence-corrected chi connectivity index (χ3v) is 7.45. The van der Waals surface area contributed by atoms with Gasteiger partial charge in [-0.25, -0.2) is 9.97 Å². The van der Waals surface area contributed by atoms with E-state index in [1.807, 2.05) is 21.6 Å². The molecule has 0 aliphatic carbocycles. The fourth-order valence-corrected chi connectivity index (χ4v) is 5.99. The molecule has 10 heteroatoms. The lowest BCUT2D eigenvalue weighted by atomic mass is 11.0. The highest BCUT2D eigenvalue weighted by Gasteiger charge is 2.07. The number of hydrogen-bond acceptors (Lipinski definition) is 10. The second-order valence-corrected chi connectivity index (χ2v) is 8.41. The summed E-state index contributed by atoms with van der Waals surface area (Å²) in [6.07, 6.45) is 0. The van der Waals surface area contributed by atoms with Crippen LogP contribution < -0.4 is 0 Å². The van der Waals surface area contributed by atoms with Gasteiger partial charge in [0.2, 0.25) is 0 Å². The maximum atomic E-state index is 8.52. The third kappa shape index (κ3) is 4.09. The van der Waals surface area contributed by atoms with Crippen molar-refractivity contribution in [1.82, 2.24) is 9.97 Å². The van der Waals surface area contributed by atoms with Crippen LogP contribution in [0.25, 0.3) is 0 Å². The highest BCUT2D eigenvalue weighted by Crippen LogP contribution is 2.41. The molecule has 0 bridgehead atoms. The lowest BCUT2D eigenvalue weighted by Gasteiger charge is -1.91. The van der Waals surface area contributed by atoms with Crippen LogP contribution in [0.1, 0.15) is 0 Å². The second kappa shape index (κ2) is 7.28. The standard InChI is InChI=1S/C8H2N4S6/c9-3-15-5-1-13-7(11-5)17-18-8-12-6(2-14-8)16-4-10/h1-2H. The number of thioether (sulfide) groups is 2. The summed E-state index contributed by atoms with van der Waals surface area (Å²) in [7, 11) is 3.02. The molecule has 2 rings (SSSR count). The predicted molar refractivity (Wildman–Crippen MR) is 78.9 cm³/mol. The zero-order valence-corrected chi connectivity index (χ0v) is 13.3. The third-order valence-electron chi connectivity index (χ3n) is 1.41. The molecule has 4 nitrogen and oxygen atoms in total. The van der Waals surface area contributed by atoms with E-state index in [-0.39, 0.29) is 0 Å². The van der Waals surface area contributed by atoms with Crippen molar-refractivity contribution in [3.63, 3.8) is 0 Å². The Morgan fingerprint density at radius 3 is 1.72 bits per heavy atom. The molecule has 2 aromatic rings. The van der Waals surface area contributed by atoms with E-state index in [2.05, 4.69) is 9.97 Å². The number of hydrogen-bond donors (Lipinski definition) is 0. The molecule has 0 radical (unpaired) electrons. The topological polar surface area (TPSA) is 73.4 Å². The molecular formula is C8H2N4S6. The molecule has 18 heavy (non-hydrogen) atoms. The number of thiazole rings is 2. The Morgan fingerprint density at radius 2 is 1.33 bits per heavy atom. The summed E-state index contributed by atoms with van der Waals surface area (Å²) >= 11 is 5.13. The highest BCUT2D eigenvalue weighted by molar-refractivity contribution is 8.77. The zero-order chi connectivity index (χ0) is 12.8. The average Bonchev–Trinajstić information content (AvgIpc) is 2.97. The Balaban J connectivity index is 1.90. The fraction of sp³-hybridized carbons (Fsp3) is 0. The summed E-state index contributed by atoms with van der Waals surface area (Å²) in [6.45, 7) is 0. The molecule has 0 saturated carbocycles. The van der Waals surface area contributed by atoms with Gasteiger partial charge in [-0.2, -0.15) is 10.5 Å². The molecule has 2 aromatic heterocycles. The van der Waals surface area contributed by atoms with Gasteiger partial charge >= 0.3 is 0 Å². The van der Waals surface area contributed by atoms with Gasteiger partial charge in [0.15, 0.2) is 8.68 Å². The first kappa shape index (κ1) is 14.1. The average molecular weight is 347 g/mol. The van der Waals surface area contributed by atoms with E-state index in [0.29, 0.717) is 0 Å². The van der Waals surface area contributed by atoms with Crippen molar-refractivity contribution < 1.29 is 0 Å². The maximum Gasteiger partial charge on any atom is 0.162 e. The van der Waals surface area contributed by atoms with Gasteiger partial charge in [-0.3, -0.25) is 0 Å². The molecule has 0 atom stereocenters. The van der Waals surface area contributed by atoms with Gasteiger partial charge in [-0.1, -0.05) is 0 Å². The summed E-state index contributed by atoms with van der Waals surface area (Å²) in [4.78, 5) is 8.56. The Kier molecular flexibility index (Phi) is 5.69. The normalized spacial score (nSPS) is 9.89. The smallest absolute Gasteiger partial charge is 0.162 e. The molecule has 0 aliphatic heterocycles. The first-order valence-electron chi connectivity index (χ1n) is 4.19. The number of nitriles is 2. The van der Waals surface area contributed by atoms with Crippen LogP contribution >= 0.6 is 67.8 Å². The molecule has 0 N–H and O–H groups in total. The largest absolute Gasteiger partial charge is 0.221 e. The number of thiocyanates is 2. The van der Waals surface area contributed by atoms with Gasteiger partial charge in [0.05, 0.1) is 0 Å². The van der Waals surface area contributed by atoms with Crippen LogP contribution in [0.3, 0.4) is 0 Å². The van der Waals surface area contributed by atoms with Gasteiger partial charge in [0.25, 0.3) is 0 Å². The molecule has 0 saturated heterocycles. The molecule has 0 amide bonds. The number of nitrogens with zero attached hydrogens (tertiary/aromatic N) is 4. The minimum atomic E-state index is 0.727. The van der Waals surface area contributed by atoms with Gasteiger partial charge in [0.1, 0.15) is 20.9 Å². The maximum absolute atomic E-state index is 8.52. The van der Waals surface area contributed by atoms with Gasteiger partial charge in [-0.05, 0) is 21.6 Å². The Labute approximate surface area is 128 Å². The van der Waals surface area contributed by atoms with Crippen molar-refractivity contribution >= 4 is 67.8 Å². The van der Waals surface area contributed by atoms with E-state index in [1.165, 1.54) is 44.3 Å². The minimum Gasteiger partial charge on any atom is -0.221 e. The van der Waals surface area contributed by atoms with Gasteiger partial charge < -0.3 is 0 Å². The van der Waals surface area contributed by atoms with Crippen LogP contribution in [0.4, 0.5) is 0 Å². The van der Waals surface area contributed by atoms with Gasteiger partial charge in [-0.15, -0.1) is 22.7 Å². The quantitative estimate of drug-likeness (QED) is 0.443. The van der Waals surface area contributed by atoms with E-state index in [9.17, 15) is 0 Å². The summed E-state index contributed by atoms with van der Waals surface area (Å²) in [5.41, 5.74) is 0. The molecule has 2 heterocycles. The first-order valence-corrected chi connectivity index (χ1v) is 9.73. The monoisotopic (exact) mass is 346 g/mol. The summed E-state index contributed by atoms with van der Waals surface area (Å²) < 4.78 is 1.78. The molecule has 0 aliphatic rings. The van der Waals surface area contributed by atoms with Crippen molar-refractivity contribution in [2.24, 2.45) is 0 Å². The first-order chi connectivity index (χ1) is 8.81. The van der Waals surface area contributed by atoms with Crippen molar-refractivity contribution in [3.05, 3.63) is 10.8 Å². The minimum absolute atomic E-state index is 0.727. The van der Waals surface area contributed by atoms with Crippen LogP contribution in [0.2, 0.25) is 0 Å². The van der Waals surface area contributed by atoms with Crippen molar-refractivity contribution in [2.75, 3.05) is 0 Å². The molecular weight excluding hydrogens is 345 g/mol. The van der Waals surface area contributed by atoms with E-state index in [1.54, 1.807) is 0 Å². The van der Waals surface area contributed by atoms with E-state index in [0.717, 1.165) is 42.3 Å². The number of aromatic nitrogens is 2. The summed E-state index contributed by atoms with van der Waals surface area (Å²) in [5, 5.41) is 26.2. The Hall–Kier alpha value is -0.360. The van der Waals surface area contributed by atoms with Crippen molar-refractivity contribution in [2.45, 2.75) is 18.7 Å². The lowest BCUT2D eigenvalue weighted by molar-refractivity contribution is 1.10.